The SMILES string of the molecule is CC1(C)O[C@@H]2[C@@H](O1)C(c1c(F)c(F)c(F)c(F)c1F)(c1c(F)c(F)c(F)c(F)c1F)O[P+](=O)OC2(c1c(F)c(F)c(F)c(F)c1F)c1c(F)c(F)c(F)c(F)c1F. The number of ether oxygens (including phenoxy) is 2. The van der Waals surface area contributed by atoms with E-state index in [1.807, 2.05) is 0 Å². The maximum Gasteiger partial charge on any atom is 0.700 e. The van der Waals surface area contributed by atoms with Gasteiger partial charge in [-0.2, -0.15) is 0 Å². The Balaban J connectivity index is 1.97. The Hall–Kier alpha value is -4.58. The summed E-state index contributed by atoms with van der Waals surface area (Å²) in [7, 11) is -5.55. The molecule has 0 aromatic heterocycles. The van der Waals surface area contributed by atoms with E-state index in [9.17, 15) is 57.3 Å². The zero-order chi connectivity index (χ0) is 42.9. The highest BCUT2D eigenvalue weighted by atomic mass is 31.1. The molecule has 57 heavy (non-hydrogen) atoms. The van der Waals surface area contributed by atoms with Crippen molar-refractivity contribution in [3.8, 4) is 0 Å². The molecule has 2 heterocycles. The van der Waals surface area contributed by atoms with Gasteiger partial charge < -0.3 is 9.47 Å². The Kier molecular flexibility index (Phi) is 9.95. The molecular weight excluding hydrogens is 863 g/mol. The molecule has 306 valence electrons. The van der Waals surface area contributed by atoms with Gasteiger partial charge in [-0.05, 0) is 13.8 Å². The van der Waals surface area contributed by atoms with Gasteiger partial charge in [-0.25, -0.2) is 87.8 Å². The standard InChI is InChI=1S/C31H8F20O5P/c1-29(2)53-27-28(54-29)31(5-11(36)19(44)25(50)20(45)12(5)37,6-13(38)21(46)26(51)22(47)14(6)39)56-57(52)55-30(27,3-7(32)15(40)23(48)16(41)8(3)33)4-9(34)17(42)24(49)18(43)10(4)35/h27-28H,1-2H3/q+1/t27-,28-/m1/s1. The molecule has 0 spiro atoms. The maximum absolute atomic E-state index is 15.9. The lowest BCUT2D eigenvalue weighted by Gasteiger charge is -2.39. The van der Waals surface area contributed by atoms with E-state index in [0.29, 0.717) is 13.8 Å². The Morgan fingerprint density at radius 1 is 0.333 bits per heavy atom. The average Bonchev–Trinajstić information content (AvgIpc) is 3.46. The van der Waals surface area contributed by atoms with Crippen LogP contribution in [0.2, 0.25) is 0 Å². The van der Waals surface area contributed by atoms with Gasteiger partial charge in [-0.15, -0.1) is 0 Å². The highest BCUT2D eigenvalue weighted by Gasteiger charge is 2.76. The second-order valence-electron chi connectivity index (χ2n) is 12.1. The van der Waals surface area contributed by atoms with Crippen molar-refractivity contribution in [2.45, 2.75) is 43.0 Å². The zero-order valence-corrected chi connectivity index (χ0v) is 27.6. The van der Waals surface area contributed by atoms with Gasteiger partial charge in [0.25, 0.3) is 0 Å². The molecule has 0 N–H and O–H groups in total. The molecule has 2 aliphatic heterocycles. The Labute approximate surface area is 301 Å². The Morgan fingerprint density at radius 3 is 0.667 bits per heavy atom. The first-order valence-electron chi connectivity index (χ1n) is 14.5. The fourth-order valence-electron chi connectivity index (χ4n) is 6.44. The number of fused-ring (bicyclic) bond motifs is 1. The van der Waals surface area contributed by atoms with Gasteiger partial charge in [0, 0.05) is 4.57 Å². The molecule has 26 heteroatoms. The summed E-state index contributed by atoms with van der Waals surface area (Å²) >= 11 is 0. The third-order valence-electron chi connectivity index (χ3n) is 8.66. The molecular formula is C31H8F20O5P+. The minimum absolute atomic E-state index is 0.422. The van der Waals surface area contributed by atoms with Crippen molar-refractivity contribution in [1.29, 1.82) is 0 Å². The fraction of sp³-hybridized carbons (Fsp3) is 0.226. The molecule has 2 aliphatic rings. The summed E-state index contributed by atoms with van der Waals surface area (Å²) in [5, 5.41) is 0. The maximum atomic E-state index is 15.9. The molecule has 0 unspecified atom stereocenters. The summed E-state index contributed by atoms with van der Waals surface area (Å²) in [6, 6.07) is 0. The van der Waals surface area contributed by atoms with Crippen LogP contribution in [-0.4, -0.2) is 18.0 Å². The van der Waals surface area contributed by atoms with Crippen molar-refractivity contribution in [2.75, 3.05) is 0 Å². The molecule has 2 atom stereocenters. The topological polar surface area (TPSA) is 54.0 Å². The van der Waals surface area contributed by atoms with E-state index >= 15 is 35.1 Å². The van der Waals surface area contributed by atoms with Crippen LogP contribution in [-0.2, 0) is 34.3 Å². The number of benzene rings is 4. The largest absolute Gasteiger partial charge is 0.700 e. The summed E-state index contributed by atoms with van der Waals surface area (Å²) in [5.41, 5.74) is -22.7. The van der Waals surface area contributed by atoms with E-state index in [2.05, 4.69) is 9.05 Å². The molecule has 0 aliphatic carbocycles. The smallest absolute Gasteiger partial charge is 0.340 e. The fourth-order valence-corrected chi connectivity index (χ4v) is 7.52. The van der Waals surface area contributed by atoms with E-state index in [0.717, 1.165) is 0 Å². The summed E-state index contributed by atoms with van der Waals surface area (Å²) < 4.78 is 337. The van der Waals surface area contributed by atoms with Crippen LogP contribution in [0.1, 0.15) is 36.1 Å². The van der Waals surface area contributed by atoms with Crippen molar-refractivity contribution in [1.82, 2.24) is 0 Å². The van der Waals surface area contributed by atoms with Crippen LogP contribution in [0.25, 0.3) is 0 Å². The highest BCUT2D eigenvalue weighted by molar-refractivity contribution is 7.33. The molecule has 2 saturated heterocycles. The highest BCUT2D eigenvalue weighted by Crippen LogP contribution is 2.64. The lowest BCUT2D eigenvalue weighted by molar-refractivity contribution is -0.176. The normalized spacial score (nSPS) is 19.9. The Bertz CT molecular complexity index is 2060. The second-order valence-corrected chi connectivity index (χ2v) is 12.9. The molecule has 4 aromatic carbocycles. The van der Waals surface area contributed by atoms with Crippen molar-refractivity contribution >= 4 is 8.25 Å². The van der Waals surface area contributed by atoms with E-state index in [1.54, 1.807) is 0 Å². The van der Waals surface area contributed by atoms with Crippen LogP contribution in [0, 0.1) is 116 Å². The third-order valence-corrected chi connectivity index (χ3v) is 9.53. The van der Waals surface area contributed by atoms with Gasteiger partial charge in [0.15, 0.2) is 98.9 Å². The van der Waals surface area contributed by atoms with Crippen LogP contribution in [0.5, 0.6) is 0 Å². The van der Waals surface area contributed by atoms with E-state index in [4.69, 9.17) is 9.47 Å². The minimum Gasteiger partial charge on any atom is -0.340 e. The van der Waals surface area contributed by atoms with E-state index < -0.39 is 176 Å². The lowest BCUT2D eigenvalue weighted by atomic mass is 9.70. The third kappa shape index (κ3) is 5.48. The zero-order valence-electron chi connectivity index (χ0n) is 26.7. The number of rotatable bonds is 4. The van der Waals surface area contributed by atoms with Crippen molar-refractivity contribution < 1.29 is 111 Å². The van der Waals surface area contributed by atoms with E-state index in [-0.39, 0.29) is 0 Å². The van der Waals surface area contributed by atoms with Crippen LogP contribution in [0.4, 0.5) is 87.8 Å². The molecule has 0 radical (unpaired) electrons. The molecule has 5 nitrogen and oxygen atoms in total. The number of halogens is 20. The number of hydrogen-bond donors (Lipinski definition) is 0. The monoisotopic (exact) mass is 871 g/mol. The first-order valence-corrected chi connectivity index (χ1v) is 15.6. The van der Waals surface area contributed by atoms with Crippen LogP contribution in [0.15, 0.2) is 0 Å². The quantitative estimate of drug-likeness (QED) is 0.0886. The molecule has 2 fully saturated rings. The van der Waals surface area contributed by atoms with Gasteiger partial charge in [0.1, 0.15) is 12.2 Å². The molecule has 6 rings (SSSR count). The van der Waals surface area contributed by atoms with Gasteiger partial charge in [0.2, 0.25) is 34.5 Å². The minimum atomic E-state index is -5.55. The predicted octanol–water partition coefficient (Wildman–Crippen LogP) is 9.88. The first-order chi connectivity index (χ1) is 26.2. The molecule has 4 aromatic rings. The summed E-state index contributed by atoms with van der Waals surface area (Å²) in [4.78, 5) is 0. The second kappa shape index (κ2) is 13.5. The van der Waals surface area contributed by atoms with Crippen LogP contribution < -0.4 is 0 Å². The number of hydrogen-bond acceptors (Lipinski definition) is 5. The van der Waals surface area contributed by atoms with Crippen molar-refractivity contribution in [3.63, 3.8) is 0 Å². The first kappa shape index (κ1) is 42.0. The molecule has 0 bridgehead atoms. The predicted molar refractivity (Wildman–Crippen MR) is 140 cm³/mol. The molecule has 0 saturated carbocycles. The summed E-state index contributed by atoms with van der Waals surface area (Å²) in [6.45, 7) is 0.844. The Morgan fingerprint density at radius 2 is 0.491 bits per heavy atom. The van der Waals surface area contributed by atoms with Crippen molar-refractivity contribution in [2.24, 2.45) is 0 Å². The van der Waals surface area contributed by atoms with Crippen LogP contribution >= 0.6 is 8.25 Å². The van der Waals surface area contributed by atoms with Gasteiger partial charge >= 0.3 is 8.25 Å². The molecule has 0 amide bonds. The average molecular weight is 871 g/mol. The van der Waals surface area contributed by atoms with E-state index in [1.165, 1.54) is 0 Å². The summed E-state index contributed by atoms with van der Waals surface area (Å²) in [6.07, 6.45) is -8.05. The van der Waals surface area contributed by atoms with Gasteiger partial charge in [-0.3, -0.25) is 0 Å². The van der Waals surface area contributed by atoms with Crippen molar-refractivity contribution in [3.05, 3.63) is 139 Å². The summed E-state index contributed by atoms with van der Waals surface area (Å²) in [5.74, 6) is -69.1. The lowest BCUT2D eigenvalue weighted by Crippen LogP contribution is -2.56. The van der Waals surface area contributed by atoms with Crippen LogP contribution in [0.3, 0.4) is 0 Å². The van der Waals surface area contributed by atoms with Gasteiger partial charge in [0.05, 0.1) is 22.3 Å². The van der Waals surface area contributed by atoms with Gasteiger partial charge in [-0.1, -0.05) is 9.05 Å².